The van der Waals surface area contributed by atoms with Gasteiger partial charge >= 0.3 is 5.97 Å². The number of rotatable bonds is 6. The number of fused-ring (bicyclic) bond motifs is 1. The highest BCUT2D eigenvalue weighted by molar-refractivity contribution is 7.89. The van der Waals surface area contributed by atoms with Gasteiger partial charge in [-0.15, -0.1) is 0 Å². The number of ether oxygens (including phenoxy) is 2. The lowest BCUT2D eigenvalue weighted by Crippen LogP contribution is -2.20. The number of nitrogens with one attached hydrogen (secondary N) is 1. The first-order valence-electron chi connectivity index (χ1n) is 7.58. The Labute approximate surface area is 149 Å². The molecule has 0 aliphatic rings. The van der Waals surface area contributed by atoms with Crippen LogP contribution in [0.2, 0.25) is 0 Å². The zero-order valence-electron chi connectivity index (χ0n) is 14.1. The molecule has 0 atom stereocenters. The molecule has 0 bridgehead atoms. The van der Waals surface area contributed by atoms with Crippen LogP contribution in [0.15, 0.2) is 51.8 Å². The van der Waals surface area contributed by atoms with Gasteiger partial charge in [-0.1, -0.05) is 12.1 Å². The Morgan fingerprint density at radius 1 is 1.23 bits per heavy atom. The smallest absolute Gasteiger partial charge is 0.338 e. The van der Waals surface area contributed by atoms with Gasteiger partial charge in [-0.05, 0) is 37.4 Å². The zero-order valence-corrected chi connectivity index (χ0v) is 14.9. The van der Waals surface area contributed by atoms with E-state index in [1.807, 2.05) is 12.1 Å². The van der Waals surface area contributed by atoms with Crippen molar-refractivity contribution in [3.05, 3.63) is 53.9 Å². The van der Waals surface area contributed by atoms with Crippen LogP contribution < -0.4 is 9.46 Å². The van der Waals surface area contributed by atoms with E-state index >= 15 is 0 Å². The highest BCUT2D eigenvalue weighted by Gasteiger charge is 2.21. The van der Waals surface area contributed by atoms with Crippen LogP contribution in [-0.4, -0.2) is 33.5 Å². The van der Waals surface area contributed by atoms with Crippen LogP contribution in [0.3, 0.4) is 0 Å². The van der Waals surface area contributed by atoms with E-state index in [1.54, 1.807) is 12.1 Å². The average molecular weight is 376 g/mol. The van der Waals surface area contributed by atoms with E-state index in [2.05, 4.69) is 9.71 Å². The lowest BCUT2D eigenvalue weighted by Gasteiger charge is -2.10. The average Bonchev–Trinajstić information content (AvgIpc) is 3.08. The Morgan fingerprint density at radius 3 is 2.69 bits per heavy atom. The van der Waals surface area contributed by atoms with E-state index < -0.39 is 16.0 Å². The molecule has 136 valence electrons. The number of hydrogen-bond acceptors (Lipinski definition) is 7. The van der Waals surface area contributed by atoms with Gasteiger partial charge in [-0.3, -0.25) is 0 Å². The van der Waals surface area contributed by atoms with Gasteiger partial charge in [0, 0.05) is 0 Å². The van der Waals surface area contributed by atoms with Crippen molar-refractivity contribution in [1.29, 1.82) is 0 Å². The molecule has 8 nitrogen and oxygen atoms in total. The summed E-state index contributed by atoms with van der Waals surface area (Å²) in [5.74, 6) is -0.339. The van der Waals surface area contributed by atoms with E-state index in [1.165, 1.54) is 32.4 Å². The Bertz CT molecular complexity index is 1030. The summed E-state index contributed by atoms with van der Waals surface area (Å²) in [4.78, 5) is 16.3. The Morgan fingerprint density at radius 2 is 2.00 bits per heavy atom. The standard InChI is InChI=1S/C17H16N2O6S/c1-18-26(21,22)15-9-11(7-8-14(15)23-2)17(20)24-10-16-19-12-5-3-4-6-13(12)25-16/h3-9,18H,10H2,1-2H3. The maximum absolute atomic E-state index is 12.3. The number of carbonyl (C=O) groups is 1. The molecule has 0 aliphatic heterocycles. The van der Waals surface area contributed by atoms with Crippen molar-refractivity contribution in [2.45, 2.75) is 11.5 Å². The van der Waals surface area contributed by atoms with Crippen molar-refractivity contribution < 1.29 is 27.1 Å². The first-order chi connectivity index (χ1) is 12.4. The van der Waals surface area contributed by atoms with Crippen LogP contribution in [0.25, 0.3) is 11.1 Å². The largest absolute Gasteiger partial charge is 0.495 e. The number of aromatic nitrogens is 1. The third-order valence-electron chi connectivity index (χ3n) is 3.62. The molecule has 3 rings (SSSR count). The van der Waals surface area contributed by atoms with Crippen molar-refractivity contribution in [3.8, 4) is 5.75 Å². The second kappa shape index (κ2) is 7.14. The van der Waals surface area contributed by atoms with Crippen LogP contribution in [0.1, 0.15) is 16.2 Å². The monoisotopic (exact) mass is 376 g/mol. The van der Waals surface area contributed by atoms with Crippen molar-refractivity contribution in [1.82, 2.24) is 9.71 Å². The fourth-order valence-corrected chi connectivity index (χ4v) is 3.23. The summed E-state index contributed by atoms with van der Waals surface area (Å²) in [6, 6.07) is 11.2. The lowest BCUT2D eigenvalue weighted by molar-refractivity contribution is 0.0440. The minimum atomic E-state index is -3.80. The fraction of sp³-hybridized carbons (Fsp3) is 0.176. The molecule has 26 heavy (non-hydrogen) atoms. The van der Waals surface area contributed by atoms with Crippen molar-refractivity contribution in [2.24, 2.45) is 0 Å². The third-order valence-corrected chi connectivity index (χ3v) is 5.06. The third kappa shape index (κ3) is 3.53. The van der Waals surface area contributed by atoms with E-state index in [0.29, 0.717) is 11.1 Å². The van der Waals surface area contributed by atoms with Gasteiger partial charge in [0.1, 0.15) is 16.2 Å². The molecule has 0 amide bonds. The molecule has 0 saturated carbocycles. The second-order valence-electron chi connectivity index (χ2n) is 5.22. The number of carbonyl (C=O) groups excluding carboxylic acids is 1. The Balaban J connectivity index is 1.80. The highest BCUT2D eigenvalue weighted by Crippen LogP contribution is 2.25. The molecule has 2 aromatic carbocycles. The minimum absolute atomic E-state index is 0.0655. The van der Waals surface area contributed by atoms with Gasteiger partial charge < -0.3 is 13.9 Å². The lowest BCUT2D eigenvalue weighted by atomic mass is 10.2. The van der Waals surface area contributed by atoms with Gasteiger partial charge in [0.2, 0.25) is 15.9 Å². The minimum Gasteiger partial charge on any atom is -0.495 e. The summed E-state index contributed by atoms with van der Waals surface area (Å²) in [6.07, 6.45) is 0. The summed E-state index contributed by atoms with van der Waals surface area (Å²) in [7, 11) is -1.18. The normalized spacial score (nSPS) is 11.5. The predicted octanol–water partition coefficient (Wildman–Crippen LogP) is 2.10. The van der Waals surface area contributed by atoms with Gasteiger partial charge in [-0.2, -0.15) is 0 Å². The van der Waals surface area contributed by atoms with Gasteiger partial charge in [0.25, 0.3) is 0 Å². The molecule has 0 fully saturated rings. The predicted molar refractivity (Wildman–Crippen MR) is 92.4 cm³/mol. The molecule has 1 aromatic heterocycles. The molecule has 0 radical (unpaired) electrons. The maximum Gasteiger partial charge on any atom is 0.338 e. The van der Waals surface area contributed by atoms with E-state index in [9.17, 15) is 13.2 Å². The number of oxazole rings is 1. The summed E-state index contributed by atoms with van der Waals surface area (Å²) < 4.78 is 42.0. The van der Waals surface area contributed by atoms with Crippen LogP contribution in [0, 0.1) is 0 Å². The first kappa shape index (κ1) is 17.9. The SMILES string of the molecule is CNS(=O)(=O)c1cc(C(=O)OCc2nc3ccccc3o2)ccc1OC. The number of sulfonamides is 1. The Kier molecular flexibility index (Phi) is 4.92. The molecular formula is C17H16N2O6S. The summed E-state index contributed by atoms with van der Waals surface area (Å²) in [6.45, 7) is -0.173. The summed E-state index contributed by atoms with van der Waals surface area (Å²) in [5.41, 5.74) is 1.31. The molecule has 0 aliphatic carbocycles. The number of esters is 1. The molecule has 9 heteroatoms. The van der Waals surface area contributed by atoms with Crippen molar-refractivity contribution >= 4 is 27.1 Å². The molecule has 1 N–H and O–H groups in total. The Hall–Kier alpha value is -2.91. The quantitative estimate of drug-likeness (QED) is 0.656. The molecule has 0 spiro atoms. The molecule has 1 heterocycles. The van der Waals surface area contributed by atoms with Crippen LogP contribution >= 0.6 is 0 Å². The van der Waals surface area contributed by atoms with Crippen LogP contribution in [0.5, 0.6) is 5.75 Å². The van der Waals surface area contributed by atoms with E-state index in [0.717, 1.165) is 0 Å². The zero-order chi connectivity index (χ0) is 18.7. The number of methoxy groups -OCH3 is 1. The van der Waals surface area contributed by atoms with E-state index in [-0.39, 0.29) is 28.7 Å². The topological polar surface area (TPSA) is 108 Å². The number of benzene rings is 2. The number of hydrogen-bond donors (Lipinski definition) is 1. The van der Waals surface area contributed by atoms with Gasteiger partial charge in [0.05, 0.1) is 12.7 Å². The molecule has 3 aromatic rings. The molecule has 0 saturated heterocycles. The molecular weight excluding hydrogens is 360 g/mol. The van der Waals surface area contributed by atoms with Crippen LogP contribution in [-0.2, 0) is 21.4 Å². The second-order valence-corrected chi connectivity index (χ2v) is 7.08. The van der Waals surface area contributed by atoms with Gasteiger partial charge in [-0.25, -0.2) is 22.9 Å². The summed E-state index contributed by atoms with van der Waals surface area (Å²) >= 11 is 0. The maximum atomic E-state index is 12.3. The van der Waals surface area contributed by atoms with Crippen molar-refractivity contribution in [2.75, 3.05) is 14.2 Å². The number of para-hydroxylation sites is 2. The van der Waals surface area contributed by atoms with Crippen LogP contribution in [0.4, 0.5) is 0 Å². The van der Waals surface area contributed by atoms with E-state index in [4.69, 9.17) is 13.9 Å². The number of nitrogens with zero attached hydrogens (tertiary/aromatic N) is 1. The fourth-order valence-electron chi connectivity index (χ4n) is 2.32. The highest BCUT2D eigenvalue weighted by atomic mass is 32.2. The van der Waals surface area contributed by atoms with Crippen molar-refractivity contribution in [3.63, 3.8) is 0 Å². The molecule has 0 unspecified atom stereocenters. The van der Waals surface area contributed by atoms with Gasteiger partial charge in [0.15, 0.2) is 12.2 Å². The summed E-state index contributed by atoms with van der Waals surface area (Å²) in [5, 5.41) is 0. The first-order valence-corrected chi connectivity index (χ1v) is 9.06.